The topological polar surface area (TPSA) is 87.6 Å². The van der Waals surface area contributed by atoms with Gasteiger partial charge >= 0.3 is 5.97 Å². The third-order valence-electron chi connectivity index (χ3n) is 3.97. The summed E-state index contributed by atoms with van der Waals surface area (Å²) in [5.41, 5.74) is 0.847. The Morgan fingerprint density at radius 2 is 2.05 bits per heavy atom. The lowest BCUT2D eigenvalue weighted by Gasteiger charge is -2.26. The van der Waals surface area contributed by atoms with Crippen molar-refractivity contribution in [3.8, 4) is 0 Å². The highest BCUT2D eigenvalue weighted by Gasteiger charge is 2.43. The van der Waals surface area contributed by atoms with Gasteiger partial charge in [0, 0.05) is 25.5 Å². The highest BCUT2D eigenvalue weighted by Crippen LogP contribution is 2.33. The van der Waals surface area contributed by atoms with Gasteiger partial charge in [-0.1, -0.05) is 13.3 Å². The van der Waals surface area contributed by atoms with Crippen LogP contribution in [0.15, 0.2) is 24.5 Å². The molecular weight excluding hydrogens is 292 g/mol. The Kier molecular flexibility index (Phi) is 4.95. The smallest absolute Gasteiger partial charge is 0.307 e. The molecule has 116 valence electrons. The molecule has 1 heterocycles. The van der Waals surface area contributed by atoms with Crippen molar-refractivity contribution >= 4 is 16.0 Å². The summed E-state index contributed by atoms with van der Waals surface area (Å²) in [7, 11) is -3.61. The lowest BCUT2D eigenvalue weighted by molar-refractivity contribution is -0.141. The van der Waals surface area contributed by atoms with Crippen molar-refractivity contribution in [2.75, 3.05) is 6.54 Å². The van der Waals surface area contributed by atoms with Gasteiger partial charge in [0.1, 0.15) is 0 Å². The van der Waals surface area contributed by atoms with Gasteiger partial charge in [-0.15, -0.1) is 0 Å². The minimum Gasteiger partial charge on any atom is -0.481 e. The largest absolute Gasteiger partial charge is 0.481 e. The molecule has 0 amide bonds. The Morgan fingerprint density at radius 1 is 1.38 bits per heavy atom. The Bertz CT molecular complexity index is 588. The zero-order valence-corrected chi connectivity index (χ0v) is 12.8. The van der Waals surface area contributed by atoms with Crippen molar-refractivity contribution in [2.24, 2.45) is 5.92 Å². The maximum atomic E-state index is 12.7. The highest BCUT2D eigenvalue weighted by atomic mass is 32.2. The van der Waals surface area contributed by atoms with Gasteiger partial charge in [-0.2, -0.15) is 4.31 Å². The number of aromatic nitrogens is 1. The molecule has 2 rings (SSSR count). The molecule has 6 nitrogen and oxygen atoms in total. The molecule has 0 radical (unpaired) electrons. The molecule has 1 aromatic rings. The molecular formula is C14H20N2O4S. The van der Waals surface area contributed by atoms with Crippen molar-refractivity contribution in [1.82, 2.24) is 9.29 Å². The molecule has 1 saturated carbocycles. The lowest BCUT2D eigenvalue weighted by atomic mass is 10.1. The van der Waals surface area contributed by atoms with Crippen molar-refractivity contribution < 1.29 is 18.3 Å². The number of rotatable bonds is 6. The summed E-state index contributed by atoms with van der Waals surface area (Å²) in [6, 6.07) is 3.53. The Labute approximate surface area is 124 Å². The fraction of sp³-hybridized carbons (Fsp3) is 0.571. The number of aliphatic carboxylic acids is 1. The van der Waals surface area contributed by atoms with Crippen LogP contribution in [0.4, 0.5) is 0 Å². The van der Waals surface area contributed by atoms with E-state index in [0.717, 1.165) is 5.56 Å². The molecule has 1 aliphatic carbocycles. The van der Waals surface area contributed by atoms with Gasteiger partial charge in [0.2, 0.25) is 10.0 Å². The van der Waals surface area contributed by atoms with E-state index < -0.39 is 27.2 Å². The van der Waals surface area contributed by atoms with Crippen LogP contribution in [0.3, 0.4) is 0 Å². The number of pyridine rings is 1. The fourth-order valence-corrected chi connectivity index (χ4v) is 5.03. The molecule has 0 aliphatic heterocycles. The van der Waals surface area contributed by atoms with Crippen LogP contribution in [0.5, 0.6) is 0 Å². The van der Waals surface area contributed by atoms with E-state index in [-0.39, 0.29) is 6.54 Å². The molecule has 1 fully saturated rings. The summed E-state index contributed by atoms with van der Waals surface area (Å²) < 4.78 is 26.8. The lowest BCUT2D eigenvalue weighted by Crippen LogP contribution is -2.41. The van der Waals surface area contributed by atoms with Crippen molar-refractivity contribution in [1.29, 1.82) is 0 Å². The zero-order chi connectivity index (χ0) is 15.5. The number of nitrogens with zero attached hydrogens (tertiary/aromatic N) is 2. The maximum Gasteiger partial charge on any atom is 0.307 e. The van der Waals surface area contributed by atoms with E-state index in [9.17, 15) is 18.3 Å². The predicted molar refractivity (Wildman–Crippen MR) is 78.0 cm³/mol. The van der Waals surface area contributed by atoms with Gasteiger partial charge in [-0.3, -0.25) is 9.78 Å². The second kappa shape index (κ2) is 6.53. The molecule has 0 aromatic carbocycles. The molecule has 0 saturated heterocycles. The molecule has 21 heavy (non-hydrogen) atoms. The van der Waals surface area contributed by atoms with Crippen LogP contribution < -0.4 is 0 Å². The van der Waals surface area contributed by atoms with E-state index in [4.69, 9.17) is 0 Å². The first-order valence-electron chi connectivity index (χ1n) is 7.07. The minimum atomic E-state index is -3.61. The SMILES string of the molecule is CCN(Cc1ccncc1)S(=O)(=O)C1CCCC1C(=O)O. The van der Waals surface area contributed by atoms with E-state index in [1.807, 2.05) is 0 Å². The van der Waals surface area contributed by atoms with Crippen molar-refractivity contribution in [3.05, 3.63) is 30.1 Å². The van der Waals surface area contributed by atoms with Crippen LogP contribution in [-0.2, 0) is 21.4 Å². The number of hydrogen-bond donors (Lipinski definition) is 1. The van der Waals surface area contributed by atoms with Crippen LogP contribution in [-0.4, -0.2) is 40.6 Å². The quantitative estimate of drug-likeness (QED) is 0.860. The molecule has 1 aliphatic rings. The van der Waals surface area contributed by atoms with Crippen LogP contribution in [0.1, 0.15) is 31.7 Å². The average molecular weight is 312 g/mol. The Hall–Kier alpha value is -1.47. The molecule has 2 atom stereocenters. The average Bonchev–Trinajstić information content (AvgIpc) is 2.96. The van der Waals surface area contributed by atoms with Crippen molar-refractivity contribution in [3.63, 3.8) is 0 Å². The first kappa shape index (κ1) is 15.9. The summed E-state index contributed by atoms with van der Waals surface area (Å²) in [4.78, 5) is 15.1. The number of sulfonamides is 1. The van der Waals surface area contributed by atoms with Gasteiger partial charge in [0.05, 0.1) is 11.2 Å². The van der Waals surface area contributed by atoms with Crippen molar-refractivity contribution in [2.45, 2.75) is 38.0 Å². The summed E-state index contributed by atoms with van der Waals surface area (Å²) >= 11 is 0. The third kappa shape index (κ3) is 3.41. The highest BCUT2D eigenvalue weighted by molar-refractivity contribution is 7.89. The van der Waals surface area contributed by atoms with Gasteiger partial charge in [0.25, 0.3) is 0 Å². The van der Waals surface area contributed by atoms with E-state index in [2.05, 4.69) is 4.98 Å². The number of carboxylic acid groups (broad SMARTS) is 1. The van der Waals surface area contributed by atoms with Gasteiger partial charge in [-0.25, -0.2) is 8.42 Å². The summed E-state index contributed by atoms with van der Waals surface area (Å²) in [6.45, 7) is 2.35. The fourth-order valence-electron chi connectivity index (χ4n) is 2.83. The normalized spacial score (nSPS) is 22.6. The first-order valence-corrected chi connectivity index (χ1v) is 8.57. The van der Waals surface area contributed by atoms with Crippen LogP contribution >= 0.6 is 0 Å². The molecule has 1 N–H and O–H groups in total. The van der Waals surface area contributed by atoms with E-state index >= 15 is 0 Å². The van der Waals surface area contributed by atoms with Gasteiger partial charge in [0.15, 0.2) is 0 Å². The molecule has 0 spiro atoms. The second-order valence-corrected chi connectivity index (χ2v) is 7.39. The molecule has 2 unspecified atom stereocenters. The minimum absolute atomic E-state index is 0.254. The van der Waals surface area contributed by atoms with E-state index in [1.165, 1.54) is 4.31 Å². The van der Waals surface area contributed by atoms with Gasteiger partial charge < -0.3 is 5.11 Å². The number of carboxylic acids is 1. The molecule has 0 bridgehead atoms. The Balaban J connectivity index is 2.21. The van der Waals surface area contributed by atoms with Crippen LogP contribution in [0.25, 0.3) is 0 Å². The standard InChI is InChI=1S/C14H20N2O4S/c1-2-16(10-11-6-8-15-9-7-11)21(19,20)13-5-3-4-12(13)14(17)18/h6-9,12-13H,2-5,10H2,1H3,(H,17,18). The van der Waals surface area contributed by atoms with Crippen LogP contribution in [0.2, 0.25) is 0 Å². The zero-order valence-electron chi connectivity index (χ0n) is 12.0. The number of hydrogen-bond acceptors (Lipinski definition) is 4. The number of carbonyl (C=O) groups is 1. The van der Waals surface area contributed by atoms with Gasteiger partial charge in [-0.05, 0) is 30.5 Å². The third-order valence-corrected chi connectivity index (χ3v) is 6.41. The molecule has 1 aromatic heterocycles. The van der Waals surface area contributed by atoms with E-state index in [0.29, 0.717) is 25.8 Å². The summed E-state index contributed by atoms with van der Waals surface area (Å²) in [5, 5.41) is 8.39. The van der Waals surface area contributed by atoms with E-state index in [1.54, 1.807) is 31.5 Å². The predicted octanol–water partition coefficient (Wildman–Crippen LogP) is 1.49. The summed E-state index contributed by atoms with van der Waals surface area (Å²) in [5.74, 6) is -1.80. The summed E-state index contributed by atoms with van der Waals surface area (Å²) in [6.07, 6.45) is 4.74. The second-order valence-electron chi connectivity index (χ2n) is 5.24. The maximum absolute atomic E-state index is 12.7. The Morgan fingerprint density at radius 3 is 2.62 bits per heavy atom. The monoisotopic (exact) mass is 312 g/mol. The first-order chi connectivity index (χ1) is 9.96. The molecule has 7 heteroatoms. The van der Waals surface area contributed by atoms with Crippen LogP contribution in [0, 0.1) is 5.92 Å².